The Hall–Kier alpha value is -1.35. The van der Waals surface area contributed by atoms with Crippen molar-refractivity contribution in [1.29, 1.82) is 0 Å². The molecular formula is C15H19NO3S. The van der Waals surface area contributed by atoms with Crippen molar-refractivity contribution < 1.29 is 13.5 Å². The molecule has 0 radical (unpaired) electrons. The maximum absolute atomic E-state index is 12.5. The SMILES string of the molecule is CC1(NS(=O)(=O)c2ccccc2C#CCCO)CCC1. The van der Waals surface area contributed by atoms with Gasteiger partial charge in [0, 0.05) is 17.5 Å². The Morgan fingerprint density at radius 2 is 2.05 bits per heavy atom. The lowest BCUT2D eigenvalue weighted by Crippen LogP contribution is -2.50. The van der Waals surface area contributed by atoms with E-state index in [9.17, 15) is 8.42 Å². The fraction of sp³-hybridized carbons (Fsp3) is 0.467. The van der Waals surface area contributed by atoms with Crippen LogP contribution < -0.4 is 4.72 Å². The standard InChI is InChI=1S/C15H19NO3S/c1-15(10-6-11-15)16-20(18,19)14-9-3-2-7-13(14)8-4-5-12-17/h2-3,7,9,16-17H,5-6,10-12H2,1H3. The average molecular weight is 293 g/mol. The smallest absolute Gasteiger partial charge is 0.242 e. The Kier molecular flexibility index (Phi) is 4.48. The maximum atomic E-state index is 12.5. The molecule has 0 atom stereocenters. The quantitative estimate of drug-likeness (QED) is 0.829. The van der Waals surface area contributed by atoms with E-state index in [1.165, 1.54) is 0 Å². The van der Waals surface area contributed by atoms with Crippen LogP contribution in [-0.4, -0.2) is 25.7 Å². The summed E-state index contributed by atoms with van der Waals surface area (Å²) in [6, 6.07) is 6.69. The van der Waals surface area contributed by atoms with E-state index in [1.807, 2.05) is 6.92 Å². The Balaban J connectivity index is 2.30. The highest BCUT2D eigenvalue weighted by Crippen LogP contribution is 2.32. The van der Waals surface area contributed by atoms with Crippen LogP contribution in [0.25, 0.3) is 0 Å². The maximum Gasteiger partial charge on any atom is 0.242 e. The van der Waals surface area contributed by atoms with Crippen LogP contribution in [0.5, 0.6) is 0 Å². The minimum Gasteiger partial charge on any atom is -0.395 e. The van der Waals surface area contributed by atoms with Gasteiger partial charge in [0.2, 0.25) is 10.0 Å². The van der Waals surface area contributed by atoms with Gasteiger partial charge in [-0.25, -0.2) is 13.1 Å². The van der Waals surface area contributed by atoms with Gasteiger partial charge < -0.3 is 5.11 Å². The predicted molar refractivity (Wildman–Crippen MR) is 77.6 cm³/mol. The predicted octanol–water partition coefficient (Wildman–Crippen LogP) is 1.64. The van der Waals surface area contributed by atoms with Crippen molar-refractivity contribution in [1.82, 2.24) is 4.72 Å². The van der Waals surface area contributed by atoms with Gasteiger partial charge in [-0.3, -0.25) is 0 Å². The molecule has 1 aromatic rings. The molecule has 0 heterocycles. The molecule has 0 unspecified atom stereocenters. The van der Waals surface area contributed by atoms with Gasteiger partial charge in [-0.2, -0.15) is 0 Å². The molecule has 4 nitrogen and oxygen atoms in total. The van der Waals surface area contributed by atoms with Crippen molar-refractivity contribution in [2.45, 2.75) is 43.0 Å². The van der Waals surface area contributed by atoms with Crippen molar-refractivity contribution in [3.05, 3.63) is 29.8 Å². The zero-order valence-corrected chi connectivity index (χ0v) is 12.3. The summed E-state index contributed by atoms with van der Waals surface area (Å²) < 4.78 is 27.7. The average Bonchev–Trinajstić information content (AvgIpc) is 2.37. The third kappa shape index (κ3) is 3.40. The molecule has 0 aliphatic heterocycles. The number of sulfonamides is 1. The number of rotatable bonds is 4. The van der Waals surface area contributed by atoms with E-state index in [4.69, 9.17) is 5.11 Å². The largest absolute Gasteiger partial charge is 0.395 e. The summed E-state index contributed by atoms with van der Waals surface area (Å²) in [4.78, 5) is 0.207. The summed E-state index contributed by atoms with van der Waals surface area (Å²) in [5.41, 5.74) is 0.140. The van der Waals surface area contributed by atoms with Gasteiger partial charge >= 0.3 is 0 Å². The van der Waals surface area contributed by atoms with Gasteiger partial charge in [-0.15, -0.1) is 0 Å². The molecule has 2 N–H and O–H groups in total. The van der Waals surface area contributed by atoms with Crippen LogP contribution in [0, 0.1) is 11.8 Å². The highest BCUT2D eigenvalue weighted by molar-refractivity contribution is 7.89. The molecule has 1 fully saturated rings. The highest BCUT2D eigenvalue weighted by Gasteiger charge is 2.36. The molecule has 5 heteroatoms. The summed E-state index contributed by atoms with van der Waals surface area (Å²) in [5, 5.41) is 8.73. The van der Waals surface area contributed by atoms with Crippen molar-refractivity contribution in [3.63, 3.8) is 0 Å². The van der Waals surface area contributed by atoms with Crippen molar-refractivity contribution >= 4 is 10.0 Å². The number of benzene rings is 1. The summed E-state index contributed by atoms with van der Waals surface area (Å²) >= 11 is 0. The van der Waals surface area contributed by atoms with Gasteiger partial charge in [-0.05, 0) is 38.3 Å². The molecular weight excluding hydrogens is 274 g/mol. The van der Waals surface area contributed by atoms with E-state index in [-0.39, 0.29) is 17.0 Å². The number of aliphatic hydroxyl groups excluding tert-OH is 1. The molecule has 0 amide bonds. The van der Waals surface area contributed by atoms with Crippen LogP contribution in [0.1, 0.15) is 38.2 Å². The normalized spacial score (nSPS) is 16.9. The van der Waals surface area contributed by atoms with Crippen LogP contribution in [0.3, 0.4) is 0 Å². The van der Waals surface area contributed by atoms with E-state index < -0.39 is 10.0 Å². The molecule has 108 valence electrons. The van der Waals surface area contributed by atoms with E-state index >= 15 is 0 Å². The van der Waals surface area contributed by atoms with E-state index in [2.05, 4.69) is 16.6 Å². The molecule has 0 bridgehead atoms. The Morgan fingerprint density at radius 3 is 2.65 bits per heavy atom. The molecule has 20 heavy (non-hydrogen) atoms. The second-order valence-electron chi connectivity index (χ2n) is 5.29. The Bertz CT molecular complexity index is 637. The molecule has 1 saturated carbocycles. The van der Waals surface area contributed by atoms with Gasteiger partial charge in [0.15, 0.2) is 0 Å². The van der Waals surface area contributed by atoms with Gasteiger partial charge in [0.25, 0.3) is 0 Å². The summed E-state index contributed by atoms with van der Waals surface area (Å²) in [6.07, 6.45) is 3.12. The van der Waals surface area contributed by atoms with E-state index in [0.717, 1.165) is 19.3 Å². The molecule has 1 aliphatic rings. The first-order chi connectivity index (χ1) is 9.47. The molecule has 0 aromatic heterocycles. The first kappa shape index (κ1) is 15.0. The fourth-order valence-corrected chi connectivity index (χ4v) is 3.84. The number of aliphatic hydroxyl groups is 1. The fourth-order valence-electron chi connectivity index (χ4n) is 2.21. The second-order valence-corrected chi connectivity index (χ2v) is 6.94. The van der Waals surface area contributed by atoms with Crippen LogP contribution in [-0.2, 0) is 10.0 Å². The number of hydrogen-bond donors (Lipinski definition) is 2. The monoisotopic (exact) mass is 293 g/mol. The lowest BCUT2D eigenvalue weighted by atomic mass is 9.80. The lowest BCUT2D eigenvalue weighted by molar-refractivity contribution is 0.248. The minimum absolute atomic E-state index is 0.0295. The van der Waals surface area contributed by atoms with Crippen molar-refractivity contribution in [2.75, 3.05) is 6.61 Å². The molecule has 2 rings (SSSR count). The molecule has 1 aliphatic carbocycles. The third-order valence-electron chi connectivity index (χ3n) is 3.47. The lowest BCUT2D eigenvalue weighted by Gasteiger charge is -2.38. The van der Waals surface area contributed by atoms with Gasteiger partial charge in [0.05, 0.1) is 11.5 Å². The van der Waals surface area contributed by atoms with Crippen LogP contribution >= 0.6 is 0 Å². The number of nitrogens with one attached hydrogen (secondary N) is 1. The first-order valence-electron chi connectivity index (χ1n) is 6.70. The van der Waals surface area contributed by atoms with Crippen LogP contribution in [0.15, 0.2) is 29.2 Å². The van der Waals surface area contributed by atoms with Crippen LogP contribution in [0.2, 0.25) is 0 Å². The van der Waals surface area contributed by atoms with E-state index in [1.54, 1.807) is 24.3 Å². The van der Waals surface area contributed by atoms with Crippen LogP contribution in [0.4, 0.5) is 0 Å². The molecule has 0 saturated heterocycles. The Morgan fingerprint density at radius 1 is 1.35 bits per heavy atom. The van der Waals surface area contributed by atoms with E-state index in [0.29, 0.717) is 12.0 Å². The number of hydrogen-bond acceptors (Lipinski definition) is 3. The molecule has 1 aromatic carbocycles. The van der Waals surface area contributed by atoms with Crippen molar-refractivity contribution in [3.8, 4) is 11.8 Å². The Labute approximate surface area is 120 Å². The first-order valence-corrected chi connectivity index (χ1v) is 8.18. The third-order valence-corrected chi connectivity index (χ3v) is 5.17. The highest BCUT2D eigenvalue weighted by atomic mass is 32.2. The van der Waals surface area contributed by atoms with Gasteiger partial charge in [-0.1, -0.05) is 24.0 Å². The van der Waals surface area contributed by atoms with Gasteiger partial charge in [0.1, 0.15) is 0 Å². The minimum atomic E-state index is -3.56. The zero-order valence-electron chi connectivity index (χ0n) is 11.5. The summed E-state index contributed by atoms with van der Waals surface area (Å²) in [5.74, 6) is 5.58. The summed E-state index contributed by atoms with van der Waals surface area (Å²) in [7, 11) is -3.56. The molecule has 0 spiro atoms. The second kappa shape index (κ2) is 5.96. The topological polar surface area (TPSA) is 66.4 Å². The summed E-state index contributed by atoms with van der Waals surface area (Å²) in [6.45, 7) is 1.90. The van der Waals surface area contributed by atoms with Crippen molar-refractivity contribution in [2.24, 2.45) is 0 Å². The zero-order chi connectivity index (χ0) is 14.6.